The summed E-state index contributed by atoms with van der Waals surface area (Å²) in [7, 11) is 0. The first-order chi connectivity index (χ1) is 14.6. The third-order valence-electron chi connectivity index (χ3n) is 5.05. The van der Waals surface area contributed by atoms with Crippen LogP contribution in [-0.4, -0.2) is 46.1 Å². The summed E-state index contributed by atoms with van der Waals surface area (Å²) in [5.74, 6) is 1.05. The number of ether oxygens (including phenoxy) is 1. The molecule has 1 aliphatic rings. The molecule has 2 aromatic heterocycles. The maximum absolute atomic E-state index is 6.54. The number of anilines is 2. The van der Waals surface area contributed by atoms with Gasteiger partial charge in [-0.15, -0.1) is 5.10 Å². The molecule has 0 aliphatic carbocycles. The zero-order chi connectivity index (χ0) is 20.7. The lowest BCUT2D eigenvalue weighted by Crippen LogP contribution is -2.37. The predicted molar refractivity (Wildman–Crippen MR) is 120 cm³/mol. The summed E-state index contributed by atoms with van der Waals surface area (Å²) in [4.78, 5) is 11.7. The molecule has 4 aromatic rings. The smallest absolute Gasteiger partial charge is 0.228 e. The quantitative estimate of drug-likeness (QED) is 0.513. The van der Waals surface area contributed by atoms with E-state index in [1.54, 1.807) is 16.8 Å². The van der Waals surface area contributed by atoms with Crippen LogP contribution in [0.4, 0.5) is 11.8 Å². The van der Waals surface area contributed by atoms with Crippen molar-refractivity contribution in [2.75, 3.05) is 36.9 Å². The first kappa shape index (κ1) is 19.1. The van der Waals surface area contributed by atoms with E-state index in [0.29, 0.717) is 51.7 Å². The molecule has 0 spiro atoms. The van der Waals surface area contributed by atoms with Gasteiger partial charge in [-0.1, -0.05) is 53.5 Å². The summed E-state index contributed by atoms with van der Waals surface area (Å²) >= 11 is 12.3. The van der Waals surface area contributed by atoms with Crippen molar-refractivity contribution in [2.24, 2.45) is 0 Å². The second-order valence-corrected chi connectivity index (χ2v) is 7.75. The molecule has 1 aliphatic heterocycles. The van der Waals surface area contributed by atoms with Crippen LogP contribution in [0.3, 0.4) is 0 Å². The molecule has 0 atom stereocenters. The van der Waals surface area contributed by atoms with Crippen molar-refractivity contribution in [3.05, 3.63) is 58.6 Å². The van der Waals surface area contributed by atoms with E-state index in [1.807, 2.05) is 36.4 Å². The standard InChI is InChI=1S/C21H18Cl2N6O/c22-15-7-6-14(12-16(15)23)29-19(24)17-18(13-4-2-1-3-5-13)25-21(26-20(17)27-29)28-8-10-30-11-9-28/h1-7,12H,8-11,24H2. The summed E-state index contributed by atoms with van der Waals surface area (Å²) in [6.45, 7) is 2.73. The van der Waals surface area contributed by atoms with Crippen molar-refractivity contribution in [2.45, 2.75) is 0 Å². The van der Waals surface area contributed by atoms with Crippen LogP contribution in [0, 0.1) is 0 Å². The summed E-state index contributed by atoms with van der Waals surface area (Å²) in [6.07, 6.45) is 0. The Morgan fingerprint density at radius 2 is 1.70 bits per heavy atom. The van der Waals surface area contributed by atoms with E-state index in [4.69, 9.17) is 43.6 Å². The number of rotatable bonds is 3. The van der Waals surface area contributed by atoms with Gasteiger partial charge >= 0.3 is 0 Å². The number of hydrogen-bond acceptors (Lipinski definition) is 6. The molecule has 5 rings (SSSR count). The molecule has 2 N–H and O–H groups in total. The van der Waals surface area contributed by atoms with Crippen LogP contribution in [0.15, 0.2) is 48.5 Å². The third-order valence-corrected chi connectivity index (χ3v) is 5.79. The molecule has 7 nitrogen and oxygen atoms in total. The average Bonchev–Trinajstić information content (AvgIpc) is 3.13. The van der Waals surface area contributed by atoms with Crippen LogP contribution in [0.1, 0.15) is 0 Å². The van der Waals surface area contributed by atoms with Gasteiger partial charge in [0.25, 0.3) is 0 Å². The van der Waals surface area contributed by atoms with Crippen molar-refractivity contribution in [3.8, 4) is 16.9 Å². The highest BCUT2D eigenvalue weighted by Gasteiger charge is 2.22. The van der Waals surface area contributed by atoms with E-state index < -0.39 is 0 Å². The molecule has 0 radical (unpaired) electrons. The highest BCUT2D eigenvalue weighted by molar-refractivity contribution is 6.42. The number of hydrogen-bond donors (Lipinski definition) is 1. The Kier molecular flexibility index (Phi) is 4.94. The lowest BCUT2D eigenvalue weighted by Gasteiger charge is -2.27. The van der Waals surface area contributed by atoms with Crippen LogP contribution in [0.2, 0.25) is 10.0 Å². The van der Waals surface area contributed by atoms with Gasteiger partial charge in [-0.05, 0) is 18.2 Å². The molecule has 2 aromatic carbocycles. The number of halogens is 2. The highest BCUT2D eigenvalue weighted by Crippen LogP contribution is 2.34. The molecule has 3 heterocycles. The number of nitrogens with two attached hydrogens (primary N) is 1. The monoisotopic (exact) mass is 440 g/mol. The number of morpholine rings is 1. The Bertz CT molecular complexity index is 1220. The lowest BCUT2D eigenvalue weighted by atomic mass is 10.1. The van der Waals surface area contributed by atoms with E-state index in [2.05, 4.69) is 10.00 Å². The summed E-state index contributed by atoms with van der Waals surface area (Å²) in [5.41, 5.74) is 9.45. The fourth-order valence-electron chi connectivity index (χ4n) is 3.52. The SMILES string of the molecule is Nc1c2c(-c3ccccc3)nc(N3CCOCC3)nc2nn1-c1ccc(Cl)c(Cl)c1. The van der Waals surface area contributed by atoms with Crippen molar-refractivity contribution >= 4 is 46.0 Å². The minimum atomic E-state index is 0.427. The second-order valence-electron chi connectivity index (χ2n) is 6.93. The zero-order valence-corrected chi connectivity index (χ0v) is 17.4. The van der Waals surface area contributed by atoms with Crippen molar-refractivity contribution in [1.82, 2.24) is 19.7 Å². The number of nitrogens with zero attached hydrogens (tertiary/aromatic N) is 5. The fraction of sp³-hybridized carbons (Fsp3) is 0.190. The van der Waals surface area contributed by atoms with Crippen molar-refractivity contribution in [1.29, 1.82) is 0 Å². The molecule has 1 saturated heterocycles. The van der Waals surface area contributed by atoms with Gasteiger partial charge in [-0.2, -0.15) is 4.98 Å². The van der Waals surface area contributed by atoms with Gasteiger partial charge in [0, 0.05) is 18.7 Å². The Balaban J connectivity index is 1.74. The van der Waals surface area contributed by atoms with E-state index in [-0.39, 0.29) is 0 Å². The molecule has 1 fully saturated rings. The molecule has 0 amide bonds. The summed E-state index contributed by atoms with van der Waals surface area (Å²) < 4.78 is 7.09. The van der Waals surface area contributed by atoms with Gasteiger partial charge in [0.1, 0.15) is 5.82 Å². The van der Waals surface area contributed by atoms with Gasteiger partial charge in [-0.3, -0.25) is 0 Å². The zero-order valence-electron chi connectivity index (χ0n) is 15.9. The Morgan fingerprint density at radius 1 is 0.933 bits per heavy atom. The van der Waals surface area contributed by atoms with Gasteiger partial charge < -0.3 is 15.4 Å². The Morgan fingerprint density at radius 3 is 2.43 bits per heavy atom. The molecule has 152 valence electrons. The predicted octanol–water partition coefficient (Wildman–Crippen LogP) is 4.21. The highest BCUT2D eigenvalue weighted by atomic mass is 35.5. The first-order valence-corrected chi connectivity index (χ1v) is 10.3. The number of fused-ring (bicyclic) bond motifs is 1. The molecular weight excluding hydrogens is 423 g/mol. The molecule has 9 heteroatoms. The molecule has 0 unspecified atom stereocenters. The maximum Gasteiger partial charge on any atom is 0.228 e. The van der Waals surface area contributed by atoms with E-state index >= 15 is 0 Å². The van der Waals surface area contributed by atoms with Crippen LogP contribution in [-0.2, 0) is 4.74 Å². The normalized spacial score (nSPS) is 14.4. The Hall–Kier alpha value is -2.87. The average molecular weight is 441 g/mol. The largest absolute Gasteiger partial charge is 0.383 e. The van der Waals surface area contributed by atoms with E-state index in [0.717, 1.165) is 24.3 Å². The van der Waals surface area contributed by atoms with Crippen molar-refractivity contribution < 1.29 is 4.74 Å². The molecule has 30 heavy (non-hydrogen) atoms. The van der Waals surface area contributed by atoms with Gasteiger partial charge in [-0.25, -0.2) is 9.67 Å². The van der Waals surface area contributed by atoms with Gasteiger partial charge in [0.2, 0.25) is 5.95 Å². The number of nitrogen functional groups attached to an aromatic ring is 1. The summed E-state index contributed by atoms with van der Waals surface area (Å²) in [6, 6.07) is 15.2. The minimum absolute atomic E-state index is 0.427. The topological polar surface area (TPSA) is 82.1 Å². The first-order valence-electron chi connectivity index (χ1n) is 9.51. The van der Waals surface area contributed by atoms with Crippen LogP contribution in [0.5, 0.6) is 0 Å². The maximum atomic E-state index is 6.54. The second kappa shape index (κ2) is 7.75. The minimum Gasteiger partial charge on any atom is -0.383 e. The van der Waals surface area contributed by atoms with Crippen molar-refractivity contribution in [3.63, 3.8) is 0 Å². The van der Waals surface area contributed by atoms with Crippen LogP contribution >= 0.6 is 23.2 Å². The third kappa shape index (κ3) is 3.35. The molecule has 0 saturated carbocycles. The van der Waals surface area contributed by atoms with Crippen LogP contribution < -0.4 is 10.6 Å². The lowest BCUT2D eigenvalue weighted by molar-refractivity contribution is 0.122. The number of aromatic nitrogens is 4. The fourth-order valence-corrected chi connectivity index (χ4v) is 3.82. The Labute approximate surface area is 183 Å². The summed E-state index contributed by atoms with van der Waals surface area (Å²) in [5, 5.41) is 6.27. The molecule has 0 bridgehead atoms. The van der Waals surface area contributed by atoms with Gasteiger partial charge in [0.15, 0.2) is 5.65 Å². The molecular formula is C21H18Cl2N6O. The number of benzene rings is 2. The van der Waals surface area contributed by atoms with Crippen LogP contribution in [0.25, 0.3) is 28.0 Å². The van der Waals surface area contributed by atoms with E-state index in [9.17, 15) is 0 Å². The van der Waals surface area contributed by atoms with E-state index in [1.165, 1.54) is 0 Å². The van der Waals surface area contributed by atoms with Gasteiger partial charge in [0.05, 0.1) is 40.0 Å².